The van der Waals surface area contributed by atoms with Gasteiger partial charge in [-0.3, -0.25) is 0 Å². The van der Waals surface area contributed by atoms with Gasteiger partial charge in [-0.15, -0.1) is 0 Å². The van der Waals surface area contributed by atoms with Crippen molar-refractivity contribution in [1.82, 2.24) is 4.90 Å². The Kier molecular flexibility index (Phi) is 3.36. The normalized spacial score (nSPS) is 34.2. The van der Waals surface area contributed by atoms with Crippen molar-refractivity contribution in [2.45, 2.75) is 64.5 Å². The van der Waals surface area contributed by atoms with Gasteiger partial charge in [-0.2, -0.15) is 0 Å². The molecule has 1 unspecified atom stereocenters. The standard InChI is InChI=1S/C13H26N2/c1-13(2)7-3-4-12(10-13)15-8-5-11(14)6-9-15/h11-12H,3-10,14H2,1-2H3. The van der Waals surface area contributed by atoms with Crippen molar-refractivity contribution >= 4 is 0 Å². The number of hydrogen-bond acceptors (Lipinski definition) is 2. The van der Waals surface area contributed by atoms with Crippen LogP contribution in [0.5, 0.6) is 0 Å². The second kappa shape index (κ2) is 4.42. The molecular weight excluding hydrogens is 184 g/mol. The second-order valence-electron chi connectivity index (χ2n) is 6.29. The van der Waals surface area contributed by atoms with Gasteiger partial charge < -0.3 is 10.6 Å². The van der Waals surface area contributed by atoms with Crippen LogP contribution in [0.15, 0.2) is 0 Å². The summed E-state index contributed by atoms with van der Waals surface area (Å²) in [7, 11) is 0. The van der Waals surface area contributed by atoms with Crippen molar-refractivity contribution in [3.8, 4) is 0 Å². The van der Waals surface area contributed by atoms with Gasteiger partial charge in [0.15, 0.2) is 0 Å². The third-order valence-electron chi connectivity index (χ3n) is 4.27. The lowest BCUT2D eigenvalue weighted by Gasteiger charge is -2.43. The molecule has 0 amide bonds. The van der Waals surface area contributed by atoms with Crippen LogP contribution in [0.2, 0.25) is 0 Å². The lowest BCUT2D eigenvalue weighted by atomic mass is 9.74. The first-order valence-corrected chi connectivity index (χ1v) is 6.56. The zero-order valence-corrected chi connectivity index (χ0v) is 10.3. The predicted octanol–water partition coefficient (Wildman–Crippen LogP) is 2.38. The van der Waals surface area contributed by atoms with E-state index in [1.54, 1.807) is 0 Å². The van der Waals surface area contributed by atoms with E-state index in [1.165, 1.54) is 51.6 Å². The quantitative estimate of drug-likeness (QED) is 0.720. The minimum atomic E-state index is 0.470. The molecule has 1 atom stereocenters. The van der Waals surface area contributed by atoms with Gasteiger partial charge in [0.25, 0.3) is 0 Å². The van der Waals surface area contributed by atoms with E-state index >= 15 is 0 Å². The maximum absolute atomic E-state index is 5.95. The number of nitrogens with two attached hydrogens (primary N) is 1. The van der Waals surface area contributed by atoms with E-state index in [2.05, 4.69) is 18.7 Å². The van der Waals surface area contributed by atoms with Gasteiger partial charge in [0.05, 0.1) is 0 Å². The molecule has 2 heteroatoms. The Morgan fingerprint density at radius 2 is 1.80 bits per heavy atom. The van der Waals surface area contributed by atoms with E-state index in [0.29, 0.717) is 11.5 Å². The van der Waals surface area contributed by atoms with Crippen LogP contribution in [0.3, 0.4) is 0 Å². The molecule has 0 spiro atoms. The molecule has 1 saturated carbocycles. The fraction of sp³-hybridized carbons (Fsp3) is 1.00. The molecule has 2 fully saturated rings. The minimum absolute atomic E-state index is 0.470. The van der Waals surface area contributed by atoms with E-state index in [1.807, 2.05) is 0 Å². The Hall–Kier alpha value is -0.0800. The third-order valence-corrected chi connectivity index (χ3v) is 4.27. The minimum Gasteiger partial charge on any atom is -0.328 e. The molecule has 1 aliphatic heterocycles. The summed E-state index contributed by atoms with van der Waals surface area (Å²) in [5, 5.41) is 0. The Balaban J connectivity index is 1.88. The number of hydrogen-bond donors (Lipinski definition) is 1. The fourth-order valence-corrected chi connectivity index (χ4v) is 3.25. The van der Waals surface area contributed by atoms with Crippen molar-refractivity contribution in [3.05, 3.63) is 0 Å². The molecule has 2 rings (SSSR count). The molecule has 0 bridgehead atoms. The molecule has 1 heterocycles. The highest BCUT2D eigenvalue weighted by molar-refractivity contribution is 4.87. The molecule has 2 N–H and O–H groups in total. The van der Waals surface area contributed by atoms with Gasteiger partial charge in [0.2, 0.25) is 0 Å². The van der Waals surface area contributed by atoms with Crippen LogP contribution in [0.4, 0.5) is 0 Å². The largest absolute Gasteiger partial charge is 0.328 e. The van der Waals surface area contributed by atoms with Crippen LogP contribution in [0.1, 0.15) is 52.4 Å². The Labute approximate surface area is 94.2 Å². The van der Waals surface area contributed by atoms with Crippen LogP contribution >= 0.6 is 0 Å². The summed E-state index contributed by atoms with van der Waals surface area (Å²) in [5.74, 6) is 0. The predicted molar refractivity (Wildman–Crippen MR) is 64.8 cm³/mol. The molecule has 2 aliphatic rings. The van der Waals surface area contributed by atoms with Crippen molar-refractivity contribution in [3.63, 3.8) is 0 Å². The van der Waals surface area contributed by atoms with Gasteiger partial charge in [0.1, 0.15) is 0 Å². The maximum atomic E-state index is 5.95. The van der Waals surface area contributed by atoms with Crippen molar-refractivity contribution in [2.75, 3.05) is 13.1 Å². The number of rotatable bonds is 1. The summed E-state index contributed by atoms with van der Waals surface area (Å²) in [5.41, 5.74) is 6.53. The highest BCUT2D eigenvalue weighted by atomic mass is 15.2. The van der Waals surface area contributed by atoms with E-state index < -0.39 is 0 Å². The lowest BCUT2D eigenvalue weighted by molar-refractivity contribution is 0.0751. The summed E-state index contributed by atoms with van der Waals surface area (Å²) in [6.45, 7) is 7.33. The summed E-state index contributed by atoms with van der Waals surface area (Å²) in [6, 6.07) is 1.32. The van der Waals surface area contributed by atoms with Crippen molar-refractivity contribution < 1.29 is 0 Å². The van der Waals surface area contributed by atoms with Gasteiger partial charge >= 0.3 is 0 Å². The van der Waals surface area contributed by atoms with Crippen molar-refractivity contribution in [2.24, 2.45) is 11.1 Å². The van der Waals surface area contributed by atoms with Crippen molar-refractivity contribution in [1.29, 1.82) is 0 Å². The highest BCUT2D eigenvalue weighted by Crippen LogP contribution is 2.37. The average molecular weight is 210 g/mol. The third kappa shape index (κ3) is 2.94. The lowest BCUT2D eigenvalue weighted by Crippen LogP contribution is -2.47. The highest BCUT2D eigenvalue weighted by Gasteiger charge is 2.32. The first-order valence-electron chi connectivity index (χ1n) is 6.56. The smallest absolute Gasteiger partial charge is 0.0100 e. The Bertz CT molecular complexity index is 205. The summed E-state index contributed by atoms with van der Waals surface area (Å²) < 4.78 is 0. The first kappa shape index (κ1) is 11.4. The molecule has 0 aromatic carbocycles. The molecule has 88 valence electrons. The SMILES string of the molecule is CC1(C)CCCC(N2CCC(N)CC2)C1. The zero-order valence-electron chi connectivity index (χ0n) is 10.3. The Morgan fingerprint density at radius 3 is 2.40 bits per heavy atom. The monoisotopic (exact) mass is 210 g/mol. The molecule has 1 saturated heterocycles. The number of piperidine rings is 1. The second-order valence-corrected chi connectivity index (χ2v) is 6.29. The summed E-state index contributed by atoms with van der Waals surface area (Å²) >= 11 is 0. The Morgan fingerprint density at radius 1 is 1.13 bits per heavy atom. The van der Waals surface area contributed by atoms with Gasteiger partial charge in [-0.1, -0.05) is 20.3 Å². The van der Waals surface area contributed by atoms with Gasteiger partial charge in [-0.25, -0.2) is 0 Å². The van der Waals surface area contributed by atoms with Crippen LogP contribution in [0, 0.1) is 5.41 Å². The molecular formula is C13H26N2. The number of nitrogens with zero attached hydrogens (tertiary/aromatic N) is 1. The van der Waals surface area contributed by atoms with Crippen LogP contribution < -0.4 is 5.73 Å². The molecule has 0 aromatic rings. The van der Waals surface area contributed by atoms with E-state index in [-0.39, 0.29) is 0 Å². The maximum Gasteiger partial charge on any atom is 0.0100 e. The first-order chi connectivity index (χ1) is 7.07. The van der Waals surface area contributed by atoms with Gasteiger partial charge in [0, 0.05) is 12.1 Å². The van der Waals surface area contributed by atoms with Crippen LogP contribution in [-0.2, 0) is 0 Å². The molecule has 1 aliphatic carbocycles. The average Bonchev–Trinajstić information content (AvgIpc) is 2.17. The molecule has 0 radical (unpaired) electrons. The van der Waals surface area contributed by atoms with E-state index in [9.17, 15) is 0 Å². The van der Waals surface area contributed by atoms with E-state index in [4.69, 9.17) is 5.73 Å². The van der Waals surface area contributed by atoms with E-state index in [0.717, 1.165) is 6.04 Å². The van der Waals surface area contributed by atoms with Crippen LogP contribution in [-0.4, -0.2) is 30.1 Å². The fourth-order valence-electron chi connectivity index (χ4n) is 3.25. The summed E-state index contributed by atoms with van der Waals surface area (Å²) in [6.07, 6.45) is 8.05. The zero-order chi connectivity index (χ0) is 10.9. The van der Waals surface area contributed by atoms with Crippen LogP contribution in [0.25, 0.3) is 0 Å². The summed E-state index contributed by atoms with van der Waals surface area (Å²) in [4.78, 5) is 2.70. The number of likely N-dealkylation sites (tertiary alicyclic amines) is 1. The molecule has 2 nitrogen and oxygen atoms in total. The van der Waals surface area contributed by atoms with Gasteiger partial charge in [-0.05, 0) is 50.6 Å². The topological polar surface area (TPSA) is 29.3 Å². The molecule has 15 heavy (non-hydrogen) atoms. The molecule has 0 aromatic heterocycles.